The Hall–Kier alpha value is -3.06. The molecule has 2 aliphatic rings. The van der Waals surface area contributed by atoms with E-state index in [1.807, 2.05) is 31.2 Å². The number of anilines is 1. The van der Waals surface area contributed by atoms with Crippen molar-refractivity contribution in [1.29, 1.82) is 0 Å². The van der Waals surface area contributed by atoms with Crippen molar-refractivity contribution >= 4 is 5.82 Å². The highest BCUT2D eigenvalue weighted by Gasteiger charge is 2.35. The predicted molar refractivity (Wildman–Crippen MR) is 116 cm³/mol. The summed E-state index contributed by atoms with van der Waals surface area (Å²) in [5.74, 6) is 1.76. The maximum Gasteiger partial charge on any atom is 0.151 e. The Balaban J connectivity index is 1.34. The average molecular weight is 403 g/mol. The van der Waals surface area contributed by atoms with E-state index in [9.17, 15) is 5.11 Å². The number of fused-ring (bicyclic) bond motifs is 2. The SMILES string of the molecule is Cc1ncc(-c2ccc(-c3ccc(N(C)C4CC5CCC(C4)N5)nn3)c(O)c2)cn1. The molecule has 2 N–H and O–H groups in total. The number of hydrogen-bond donors (Lipinski definition) is 2. The van der Waals surface area contributed by atoms with Gasteiger partial charge in [0.05, 0.1) is 5.69 Å². The topological polar surface area (TPSA) is 87.1 Å². The number of aromatic hydroxyl groups is 1. The van der Waals surface area contributed by atoms with Crippen molar-refractivity contribution in [2.75, 3.05) is 11.9 Å². The van der Waals surface area contributed by atoms with E-state index in [2.05, 4.69) is 37.4 Å². The molecular formula is C23H26N6O. The van der Waals surface area contributed by atoms with Crippen molar-refractivity contribution in [1.82, 2.24) is 25.5 Å². The molecule has 1 aromatic carbocycles. The Bertz CT molecular complexity index is 1020. The van der Waals surface area contributed by atoms with Crippen LogP contribution in [0.15, 0.2) is 42.7 Å². The maximum absolute atomic E-state index is 10.6. The minimum Gasteiger partial charge on any atom is -0.507 e. The molecule has 3 aromatic rings. The molecule has 7 heteroatoms. The molecule has 2 atom stereocenters. The molecule has 2 bridgehead atoms. The third kappa shape index (κ3) is 3.61. The van der Waals surface area contributed by atoms with Gasteiger partial charge in [-0.25, -0.2) is 9.97 Å². The third-order valence-electron chi connectivity index (χ3n) is 6.40. The lowest BCUT2D eigenvalue weighted by atomic mass is 9.98. The van der Waals surface area contributed by atoms with E-state index in [1.54, 1.807) is 18.5 Å². The van der Waals surface area contributed by atoms with E-state index in [4.69, 9.17) is 0 Å². The zero-order chi connectivity index (χ0) is 20.7. The number of rotatable bonds is 4. The van der Waals surface area contributed by atoms with Crippen LogP contribution in [0.2, 0.25) is 0 Å². The van der Waals surface area contributed by atoms with E-state index in [0.29, 0.717) is 29.4 Å². The molecule has 2 aliphatic heterocycles. The molecule has 4 heterocycles. The Morgan fingerprint density at radius 2 is 1.70 bits per heavy atom. The van der Waals surface area contributed by atoms with Crippen molar-refractivity contribution < 1.29 is 5.11 Å². The molecule has 2 saturated heterocycles. The van der Waals surface area contributed by atoms with E-state index in [-0.39, 0.29) is 5.75 Å². The van der Waals surface area contributed by atoms with Gasteiger partial charge in [0.15, 0.2) is 5.82 Å². The minimum atomic E-state index is 0.165. The van der Waals surface area contributed by atoms with Crippen LogP contribution in [0.4, 0.5) is 5.82 Å². The summed E-state index contributed by atoms with van der Waals surface area (Å²) in [6.07, 6.45) is 8.39. The molecule has 2 aromatic heterocycles. The van der Waals surface area contributed by atoms with Gasteiger partial charge in [-0.2, -0.15) is 0 Å². The lowest BCUT2D eigenvalue weighted by Gasteiger charge is -2.36. The second-order valence-electron chi connectivity index (χ2n) is 8.40. The van der Waals surface area contributed by atoms with Gasteiger partial charge >= 0.3 is 0 Å². The third-order valence-corrected chi connectivity index (χ3v) is 6.40. The number of benzene rings is 1. The summed E-state index contributed by atoms with van der Waals surface area (Å²) in [5, 5.41) is 23.1. The second-order valence-corrected chi connectivity index (χ2v) is 8.40. The lowest BCUT2D eigenvalue weighted by molar-refractivity contribution is 0.353. The first-order chi connectivity index (χ1) is 14.6. The zero-order valence-electron chi connectivity index (χ0n) is 17.3. The highest BCUT2D eigenvalue weighted by Crippen LogP contribution is 2.34. The van der Waals surface area contributed by atoms with Crippen molar-refractivity contribution in [3.05, 3.63) is 48.5 Å². The molecule has 0 radical (unpaired) electrons. The van der Waals surface area contributed by atoms with Gasteiger partial charge in [0.1, 0.15) is 11.6 Å². The number of phenolic OH excluding ortho intramolecular Hbond substituents is 1. The molecule has 0 saturated carbocycles. The summed E-state index contributed by atoms with van der Waals surface area (Å²) < 4.78 is 0. The minimum absolute atomic E-state index is 0.165. The Morgan fingerprint density at radius 1 is 0.967 bits per heavy atom. The van der Waals surface area contributed by atoms with Gasteiger partial charge in [-0.05, 0) is 62.4 Å². The predicted octanol–water partition coefficient (Wildman–Crippen LogP) is 3.33. The molecule has 0 spiro atoms. The maximum atomic E-state index is 10.6. The van der Waals surface area contributed by atoms with Crippen LogP contribution in [-0.2, 0) is 0 Å². The van der Waals surface area contributed by atoms with Crippen LogP contribution in [0.25, 0.3) is 22.4 Å². The highest BCUT2D eigenvalue weighted by atomic mass is 16.3. The van der Waals surface area contributed by atoms with Gasteiger partial charge in [0.2, 0.25) is 0 Å². The summed E-state index contributed by atoms with van der Waals surface area (Å²) in [5.41, 5.74) is 3.04. The van der Waals surface area contributed by atoms with Gasteiger partial charge in [-0.1, -0.05) is 6.07 Å². The number of piperidine rings is 1. The molecule has 2 fully saturated rings. The molecule has 30 heavy (non-hydrogen) atoms. The summed E-state index contributed by atoms with van der Waals surface area (Å²) in [7, 11) is 2.11. The van der Waals surface area contributed by atoms with Crippen molar-refractivity contribution in [2.24, 2.45) is 0 Å². The lowest BCUT2D eigenvalue weighted by Crippen LogP contribution is -2.47. The Morgan fingerprint density at radius 3 is 2.33 bits per heavy atom. The van der Waals surface area contributed by atoms with Gasteiger partial charge in [0.25, 0.3) is 0 Å². The van der Waals surface area contributed by atoms with Crippen molar-refractivity contribution in [3.8, 4) is 28.1 Å². The van der Waals surface area contributed by atoms with E-state index in [0.717, 1.165) is 35.6 Å². The fourth-order valence-corrected chi connectivity index (χ4v) is 4.66. The summed E-state index contributed by atoms with van der Waals surface area (Å²) in [6.45, 7) is 1.85. The number of aromatic nitrogens is 4. The van der Waals surface area contributed by atoms with E-state index in [1.165, 1.54) is 12.8 Å². The van der Waals surface area contributed by atoms with Crippen LogP contribution in [0.5, 0.6) is 5.75 Å². The summed E-state index contributed by atoms with van der Waals surface area (Å²) >= 11 is 0. The van der Waals surface area contributed by atoms with Crippen LogP contribution in [0.3, 0.4) is 0 Å². The van der Waals surface area contributed by atoms with E-state index < -0.39 is 0 Å². The molecule has 154 valence electrons. The average Bonchev–Trinajstić information content (AvgIpc) is 3.11. The van der Waals surface area contributed by atoms with Crippen LogP contribution < -0.4 is 10.2 Å². The van der Waals surface area contributed by atoms with Gasteiger partial charge in [-0.15, -0.1) is 10.2 Å². The molecule has 0 amide bonds. The number of phenols is 1. The number of hydrogen-bond acceptors (Lipinski definition) is 7. The van der Waals surface area contributed by atoms with Crippen molar-refractivity contribution in [3.63, 3.8) is 0 Å². The number of nitrogens with zero attached hydrogens (tertiary/aromatic N) is 5. The molecule has 2 unspecified atom stereocenters. The Kier molecular flexibility index (Phi) is 4.83. The largest absolute Gasteiger partial charge is 0.507 e. The second kappa shape index (κ2) is 7.65. The fourth-order valence-electron chi connectivity index (χ4n) is 4.66. The van der Waals surface area contributed by atoms with Crippen molar-refractivity contribution in [2.45, 2.75) is 50.7 Å². The Labute approximate surface area is 176 Å². The normalized spacial score (nSPS) is 22.8. The van der Waals surface area contributed by atoms with Crippen LogP contribution in [0.1, 0.15) is 31.5 Å². The van der Waals surface area contributed by atoms with E-state index >= 15 is 0 Å². The fraction of sp³-hybridized carbons (Fsp3) is 0.391. The standard InChI is InChI=1S/C23H26N6O/c1-14-24-12-16(13-25-14)15-3-6-20(22(30)9-15)21-7-8-23(28-27-21)29(2)19-10-17-4-5-18(11-19)26-17/h3,6-9,12-13,17-19,26,30H,4-5,10-11H2,1-2H3. The molecule has 7 nitrogen and oxygen atoms in total. The zero-order valence-corrected chi connectivity index (χ0v) is 17.3. The monoisotopic (exact) mass is 402 g/mol. The number of nitrogens with one attached hydrogen (secondary N) is 1. The first-order valence-corrected chi connectivity index (χ1v) is 10.5. The first-order valence-electron chi connectivity index (χ1n) is 10.5. The van der Waals surface area contributed by atoms with Crippen LogP contribution >= 0.6 is 0 Å². The van der Waals surface area contributed by atoms with Gasteiger partial charge in [0, 0.05) is 48.7 Å². The van der Waals surface area contributed by atoms with Crippen LogP contribution in [-0.4, -0.2) is 50.4 Å². The van der Waals surface area contributed by atoms with Crippen LogP contribution in [0, 0.1) is 6.92 Å². The quantitative estimate of drug-likeness (QED) is 0.692. The first kappa shape index (κ1) is 18.9. The summed E-state index contributed by atoms with van der Waals surface area (Å²) in [4.78, 5) is 10.7. The van der Waals surface area contributed by atoms with Gasteiger partial charge < -0.3 is 15.3 Å². The molecule has 0 aliphatic carbocycles. The molecule has 5 rings (SSSR count). The highest BCUT2D eigenvalue weighted by molar-refractivity contribution is 5.73. The number of aryl methyl sites for hydroxylation is 1. The summed E-state index contributed by atoms with van der Waals surface area (Å²) in [6, 6.07) is 11.2. The smallest absolute Gasteiger partial charge is 0.151 e. The molecular weight excluding hydrogens is 376 g/mol. The van der Waals surface area contributed by atoms with Gasteiger partial charge in [-0.3, -0.25) is 0 Å².